The van der Waals surface area contributed by atoms with Crippen molar-refractivity contribution in [1.29, 1.82) is 0 Å². The van der Waals surface area contributed by atoms with Gasteiger partial charge in [0.1, 0.15) is 0 Å². The van der Waals surface area contributed by atoms with Crippen LogP contribution in [-0.4, -0.2) is 25.8 Å². The van der Waals surface area contributed by atoms with Gasteiger partial charge in [-0.1, -0.05) is 12.2 Å². The van der Waals surface area contributed by atoms with E-state index in [0.717, 1.165) is 31.7 Å². The average molecular weight is 141 g/mol. The quantitative estimate of drug-likeness (QED) is 0.549. The maximum atomic E-state index is 5.50. The van der Waals surface area contributed by atoms with Crippen LogP contribution in [0.25, 0.3) is 0 Å². The van der Waals surface area contributed by atoms with E-state index in [4.69, 9.17) is 4.74 Å². The van der Waals surface area contributed by atoms with Crippen LogP contribution in [0.5, 0.6) is 0 Å². The van der Waals surface area contributed by atoms with Gasteiger partial charge in [0.15, 0.2) is 0 Å². The monoisotopic (exact) mass is 141 g/mol. The highest BCUT2D eigenvalue weighted by Crippen LogP contribution is 2.05. The predicted molar refractivity (Wildman–Crippen MR) is 42.0 cm³/mol. The molecule has 1 fully saturated rings. The minimum absolute atomic E-state index is 0.238. The van der Waals surface area contributed by atoms with Gasteiger partial charge in [-0.15, -0.1) is 0 Å². The second kappa shape index (κ2) is 3.74. The van der Waals surface area contributed by atoms with E-state index < -0.39 is 0 Å². The van der Waals surface area contributed by atoms with Gasteiger partial charge in [-0.3, -0.25) is 0 Å². The molecule has 1 atom stereocenters. The summed E-state index contributed by atoms with van der Waals surface area (Å²) in [5.74, 6) is 0. The van der Waals surface area contributed by atoms with Crippen molar-refractivity contribution in [1.82, 2.24) is 5.32 Å². The Labute approximate surface area is 62.3 Å². The fraction of sp³-hybridized carbons (Fsp3) is 0.750. The van der Waals surface area contributed by atoms with Crippen molar-refractivity contribution in [2.75, 3.05) is 19.7 Å². The lowest BCUT2D eigenvalue weighted by molar-refractivity contribution is 0.0921. The third-order valence-corrected chi connectivity index (χ3v) is 1.70. The first-order valence-electron chi connectivity index (χ1n) is 3.78. The molecule has 1 aliphatic heterocycles. The van der Waals surface area contributed by atoms with E-state index >= 15 is 0 Å². The van der Waals surface area contributed by atoms with E-state index in [1.54, 1.807) is 0 Å². The van der Waals surface area contributed by atoms with Crippen LogP contribution in [0.3, 0.4) is 0 Å². The summed E-state index contributed by atoms with van der Waals surface area (Å²) < 4.78 is 5.50. The highest BCUT2D eigenvalue weighted by molar-refractivity contribution is 4.99. The Morgan fingerprint density at radius 2 is 2.50 bits per heavy atom. The lowest BCUT2D eigenvalue weighted by atomic mass is 10.2. The first kappa shape index (κ1) is 7.76. The van der Waals surface area contributed by atoms with E-state index in [1.807, 2.05) is 6.92 Å². The van der Waals surface area contributed by atoms with E-state index in [-0.39, 0.29) is 6.10 Å². The Kier molecular flexibility index (Phi) is 2.90. The molecule has 0 amide bonds. The molecule has 1 saturated heterocycles. The smallest absolute Gasteiger partial charge is 0.0904 e. The Hall–Kier alpha value is -0.340. The maximum Gasteiger partial charge on any atom is 0.0904 e. The molecule has 1 heterocycles. The third-order valence-electron chi connectivity index (χ3n) is 1.70. The molecule has 1 aliphatic rings. The van der Waals surface area contributed by atoms with Gasteiger partial charge in [0.25, 0.3) is 0 Å². The molecule has 10 heavy (non-hydrogen) atoms. The Bertz CT molecular complexity index is 114. The standard InChI is InChI=1S/C8H15NO/c1-7(2)8-6-9-4-3-5-10-8/h8-9H,1,3-6H2,2H3/t8-/m0/s1. The molecule has 2 nitrogen and oxygen atoms in total. The van der Waals surface area contributed by atoms with Crippen LogP contribution in [0.1, 0.15) is 13.3 Å². The van der Waals surface area contributed by atoms with Crippen molar-refractivity contribution in [3.05, 3.63) is 12.2 Å². The fourth-order valence-corrected chi connectivity index (χ4v) is 1.03. The molecule has 0 unspecified atom stereocenters. The summed E-state index contributed by atoms with van der Waals surface area (Å²) in [7, 11) is 0. The van der Waals surface area contributed by atoms with Crippen LogP contribution in [0.15, 0.2) is 12.2 Å². The van der Waals surface area contributed by atoms with Crippen molar-refractivity contribution in [3.63, 3.8) is 0 Å². The van der Waals surface area contributed by atoms with Crippen molar-refractivity contribution in [2.24, 2.45) is 0 Å². The summed E-state index contributed by atoms with van der Waals surface area (Å²) >= 11 is 0. The maximum absolute atomic E-state index is 5.50. The third kappa shape index (κ3) is 2.12. The molecular weight excluding hydrogens is 126 g/mol. The molecule has 0 saturated carbocycles. The summed E-state index contributed by atoms with van der Waals surface area (Å²) in [6.45, 7) is 8.73. The molecule has 0 aliphatic carbocycles. The van der Waals surface area contributed by atoms with Crippen molar-refractivity contribution >= 4 is 0 Å². The fourth-order valence-electron chi connectivity index (χ4n) is 1.03. The van der Waals surface area contributed by atoms with Crippen molar-refractivity contribution in [2.45, 2.75) is 19.4 Å². The number of rotatable bonds is 1. The van der Waals surface area contributed by atoms with Crippen molar-refractivity contribution < 1.29 is 4.74 Å². The number of ether oxygens (including phenoxy) is 1. The Morgan fingerprint density at radius 3 is 3.20 bits per heavy atom. The van der Waals surface area contributed by atoms with E-state index in [1.165, 1.54) is 0 Å². The van der Waals surface area contributed by atoms with E-state index in [2.05, 4.69) is 11.9 Å². The van der Waals surface area contributed by atoms with Gasteiger partial charge in [-0.2, -0.15) is 0 Å². The normalized spacial score (nSPS) is 27.5. The lowest BCUT2D eigenvalue weighted by Gasteiger charge is -2.13. The lowest BCUT2D eigenvalue weighted by Crippen LogP contribution is -2.26. The highest BCUT2D eigenvalue weighted by Gasteiger charge is 2.11. The number of hydrogen-bond donors (Lipinski definition) is 1. The number of hydrogen-bond acceptors (Lipinski definition) is 2. The van der Waals surface area contributed by atoms with E-state index in [9.17, 15) is 0 Å². The molecule has 2 heteroatoms. The first-order valence-corrected chi connectivity index (χ1v) is 3.78. The largest absolute Gasteiger partial charge is 0.373 e. The molecule has 58 valence electrons. The van der Waals surface area contributed by atoms with Crippen LogP contribution in [-0.2, 0) is 4.74 Å². The SMILES string of the molecule is C=C(C)[C@@H]1CNCCCO1. The Morgan fingerprint density at radius 1 is 1.70 bits per heavy atom. The molecule has 0 aromatic carbocycles. The minimum atomic E-state index is 0.238. The van der Waals surface area contributed by atoms with Gasteiger partial charge >= 0.3 is 0 Å². The van der Waals surface area contributed by atoms with Gasteiger partial charge in [-0.05, 0) is 19.9 Å². The Balaban J connectivity index is 2.35. The molecule has 0 radical (unpaired) electrons. The summed E-state index contributed by atoms with van der Waals surface area (Å²) in [5.41, 5.74) is 1.12. The highest BCUT2D eigenvalue weighted by atomic mass is 16.5. The second-order valence-electron chi connectivity index (χ2n) is 2.76. The van der Waals surface area contributed by atoms with Crippen LogP contribution in [0, 0.1) is 0 Å². The van der Waals surface area contributed by atoms with Gasteiger partial charge < -0.3 is 10.1 Å². The van der Waals surface area contributed by atoms with Crippen molar-refractivity contribution in [3.8, 4) is 0 Å². The average Bonchev–Trinajstić information content (AvgIpc) is 2.12. The zero-order valence-corrected chi connectivity index (χ0v) is 6.52. The van der Waals surface area contributed by atoms with Crippen LogP contribution in [0.2, 0.25) is 0 Å². The predicted octanol–water partition coefficient (Wildman–Crippen LogP) is 0.941. The van der Waals surface area contributed by atoms with Crippen LogP contribution >= 0.6 is 0 Å². The molecule has 0 spiro atoms. The summed E-state index contributed by atoms with van der Waals surface area (Å²) in [6, 6.07) is 0. The second-order valence-corrected chi connectivity index (χ2v) is 2.76. The van der Waals surface area contributed by atoms with Gasteiger partial charge in [-0.25, -0.2) is 0 Å². The zero-order valence-electron chi connectivity index (χ0n) is 6.52. The molecule has 0 aromatic rings. The van der Waals surface area contributed by atoms with Gasteiger partial charge in [0, 0.05) is 13.2 Å². The molecular formula is C8H15NO. The summed E-state index contributed by atoms with van der Waals surface area (Å²) in [5, 5.41) is 3.29. The summed E-state index contributed by atoms with van der Waals surface area (Å²) in [6.07, 6.45) is 1.35. The summed E-state index contributed by atoms with van der Waals surface area (Å²) in [4.78, 5) is 0. The zero-order chi connectivity index (χ0) is 7.40. The van der Waals surface area contributed by atoms with Crippen LogP contribution < -0.4 is 5.32 Å². The van der Waals surface area contributed by atoms with Crippen LogP contribution in [0.4, 0.5) is 0 Å². The molecule has 1 N–H and O–H groups in total. The number of nitrogens with one attached hydrogen (secondary N) is 1. The minimum Gasteiger partial charge on any atom is -0.373 e. The topological polar surface area (TPSA) is 21.3 Å². The van der Waals surface area contributed by atoms with Gasteiger partial charge in [0.05, 0.1) is 6.10 Å². The molecule has 0 aromatic heterocycles. The molecule has 0 bridgehead atoms. The van der Waals surface area contributed by atoms with E-state index in [0.29, 0.717) is 0 Å². The first-order chi connectivity index (χ1) is 4.80. The van der Waals surface area contributed by atoms with Gasteiger partial charge in [0.2, 0.25) is 0 Å². The molecule has 1 rings (SSSR count).